The lowest BCUT2D eigenvalue weighted by atomic mass is 9.97. The number of hydrogen-bond donors (Lipinski definition) is 3. The molecule has 0 spiro atoms. The number of aryl methyl sites for hydroxylation is 2. The highest BCUT2D eigenvalue weighted by atomic mass is 16.5. The van der Waals surface area contributed by atoms with Gasteiger partial charge in [-0.1, -0.05) is 5.16 Å². The molecule has 2 saturated heterocycles. The minimum absolute atomic E-state index is 0.0855. The number of carbonyl (C=O) groups is 2. The molecular weight excluding hydrogens is 378 g/mol. The zero-order valence-electron chi connectivity index (χ0n) is 17.3. The third-order valence-corrected chi connectivity index (χ3v) is 5.64. The Balaban J connectivity index is 1.49. The van der Waals surface area contributed by atoms with Crippen LogP contribution in [0.1, 0.15) is 30.7 Å². The van der Waals surface area contributed by atoms with Gasteiger partial charge in [-0.2, -0.15) is 0 Å². The van der Waals surface area contributed by atoms with E-state index in [9.17, 15) is 14.7 Å². The minimum atomic E-state index is -0.551. The second-order valence-electron chi connectivity index (χ2n) is 7.85. The lowest BCUT2D eigenvalue weighted by molar-refractivity contribution is -0.141. The Morgan fingerprint density at radius 3 is 2.55 bits per heavy atom. The number of piperazine rings is 1. The maximum atomic E-state index is 12.5. The van der Waals surface area contributed by atoms with E-state index < -0.39 is 12.1 Å². The van der Waals surface area contributed by atoms with Crippen molar-refractivity contribution in [1.82, 2.24) is 20.3 Å². The molecule has 162 valence electrons. The van der Waals surface area contributed by atoms with Gasteiger partial charge < -0.3 is 34.8 Å². The quantitative estimate of drug-likeness (QED) is 0.647. The van der Waals surface area contributed by atoms with Crippen LogP contribution in [0.5, 0.6) is 0 Å². The van der Waals surface area contributed by atoms with Gasteiger partial charge in [0.15, 0.2) is 5.76 Å². The molecule has 0 radical (unpaired) electrons. The summed E-state index contributed by atoms with van der Waals surface area (Å²) in [5.74, 6) is 0.612. The van der Waals surface area contributed by atoms with E-state index in [4.69, 9.17) is 9.26 Å². The van der Waals surface area contributed by atoms with Crippen LogP contribution in [-0.4, -0.2) is 90.1 Å². The molecule has 29 heavy (non-hydrogen) atoms. The predicted molar refractivity (Wildman–Crippen MR) is 106 cm³/mol. The number of anilines is 1. The maximum absolute atomic E-state index is 12.5. The molecule has 0 bridgehead atoms. The number of hydrogen-bond acceptors (Lipinski definition) is 7. The lowest BCUT2D eigenvalue weighted by Crippen LogP contribution is -2.53. The number of carbonyl (C=O) groups excluding carboxylic acids is 2. The molecule has 0 aromatic carbocycles. The SMILES string of the molecule is Cc1noc(C)c1NC(=O)N[C@@H]1CC[C@H](CC(=O)N2CCN(C)CC2)O[C@H]1CO. The molecule has 0 saturated carbocycles. The van der Waals surface area contributed by atoms with E-state index in [1.165, 1.54) is 0 Å². The number of nitrogens with zero attached hydrogens (tertiary/aromatic N) is 3. The van der Waals surface area contributed by atoms with E-state index >= 15 is 0 Å². The van der Waals surface area contributed by atoms with Crippen LogP contribution in [0, 0.1) is 13.8 Å². The highest BCUT2D eigenvalue weighted by molar-refractivity contribution is 5.90. The molecule has 2 fully saturated rings. The van der Waals surface area contributed by atoms with Gasteiger partial charge in [-0.05, 0) is 33.7 Å². The van der Waals surface area contributed by atoms with Gasteiger partial charge in [0, 0.05) is 26.2 Å². The van der Waals surface area contributed by atoms with E-state index in [1.807, 2.05) is 11.9 Å². The van der Waals surface area contributed by atoms with Crippen molar-refractivity contribution in [3.63, 3.8) is 0 Å². The summed E-state index contributed by atoms with van der Waals surface area (Å²) in [6.45, 7) is 6.46. The number of ether oxygens (including phenoxy) is 1. The normalized spacial score (nSPS) is 25.7. The Kier molecular flexibility index (Phi) is 7.09. The molecule has 0 unspecified atom stereocenters. The van der Waals surface area contributed by atoms with Crippen molar-refractivity contribution in [1.29, 1.82) is 0 Å². The van der Waals surface area contributed by atoms with Crippen molar-refractivity contribution in [3.05, 3.63) is 11.5 Å². The smallest absolute Gasteiger partial charge is 0.319 e. The number of aliphatic hydroxyl groups is 1. The van der Waals surface area contributed by atoms with E-state index in [0.29, 0.717) is 36.4 Å². The van der Waals surface area contributed by atoms with Crippen LogP contribution < -0.4 is 10.6 Å². The van der Waals surface area contributed by atoms with E-state index in [0.717, 1.165) is 26.2 Å². The fourth-order valence-corrected chi connectivity index (χ4v) is 3.81. The lowest BCUT2D eigenvalue weighted by Gasteiger charge is -2.37. The second-order valence-corrected chi connectivity index (χ2v) is 7.85. The molecule has 2 aliphatic rings. The topological polar surface area (TPSA) is 120 Å². The Labute approximate surface area is 170 Å². The van der Waals surface area contributed by atoms with Gasteiger partial charge in [0.05, 0.1) is 25.2 Å². The Hall–Kier alpha value is -2.17. The van der Waals surface area contributed by atoms with Crippen LogP contribution in [0.3, 0.4) is 0 Å². The minimum Gasteiger partial charge on any atom is -0.394 e. The highest BCUT2D eigenvalue weighted by Crippen LogP contribution is 2.24. The number of urea groups is 1. The summed E-state index contributed by atoms with van der Waals surface area (Å²) in [5.41, 5.74) is 1.13. The van der Waals surface area contributed by atoms with Crippen molar-refractivity contribution in [3.8, 4) is 0 Å². The zero-order valence-corrected chi connectivity index (χ0v) is 17.3. The van der Waals surface area contributed by atoms with Gasteiger partial charge >= 0.3 is 6.03 Å². The molecule has 10 heteroatoms. The average Bonchev–Trinajstić information content (AvgIpc) is 3.01. The number of aromatic nitrogens is 1. The van der Waals surface area contributed by atoms with Crippen LogP contribution in [0.25, 0.3) is 0 Å². The van der Waals surface area contributed by atoms with E-state index in [2.05, 4.69) is 20.7 Å². The molecule has 3 atom stereocenters. The standard InChI is InChI=1S/C19H31N5O5/c1-12-18(13(2)29-22-12)21-19(27)20-15-5-4-14(28-16(15)11-25)10-17(26)24-8-6-23(3)7-9-24/h14-16,25H,4-11H2,1-3H3,(H2,20,21,27)/t14-,15-,16+/m1/s1. The summed E-state index contributed by atoms with van der Waals surface area (Å²) < 4.78 is 11.0. The third kappa shape index (κ3) is 5.46. The molecule has 10 nitrogen and oxygen atoms in total. The molecule has 1 aromatic heterocycles. The molecular formula is C19H31N5O5. The summed E-state index contributed by atoms with van der Waals surface area (Å²) in [4.78, 5) is 29.0. The zero-order chi connectivity index (χ0) is 21.0. The van der Waals surface area contributed by atoms with E-state index in [-0.39, 0.29) is 24.7 Å². The number of rotatable bonds is 5. The molecule has 2 aliphatic heterocycles. The van der Waals surface area contributed by atoms with Crippen molar-refractivity contribution in [2.75, 3.05) is 45.2 Å². The number of amides is 3. The summed E-state index contributed by atoms with van der Waals surface area (Å²) in [5, 5.41) is 19.1. The molecule has 3 heterocycles. The average molecular weight is 409 g/mol. The van der Waals surface area contributed by atoms with Gasteiger partial charge in [0.1, 0.15) is 17.5 Å². The van der Waals surface area contributed by atoms with Gasteiger partial charge in [-0.25, -0.2) is 4.79 Å². The first kappa shape index (κ1) is 21.5. The molecule has 3 N–H and O–H groups in total. The fraction of sp³-hybridized carbons (Fsp3) is 0.737. The van der Waals surface area contributed by atoms with Crippen LogP contribution in [-0.2, 0) is 9.53 Å². The summed E-state index contributed by atoms with van der Waals surface area (Å²) in [7, 11) is 2.05. The molecule has 3 amide bonds. The van der Waals surface area contributed by atoms with Crippen LogP contribution in [0.4, 0.5) is 10.5 Å². The highest BCUT2D eigenvalue weighted by Gasteiger charge is 2.34. The van der Waals surface area contributed by atoms with Crippen molar-refractivity contribution < 1.29 is 24.0 Å². The Bertz CT molecular complexity index is 696. The first-order chi connectivity index (χ1) is 13.9. The number of aliphatic hydroxyl groups excluding tert-OH is 1. The van der Waals surface area contributed by atoms with Crippen LogP contribution in [0.15, 0.2) is 4.52 Å². The van der Waals surface area contributed by atoms with Gasteiger partial charge in [-0.15, -0.1) is 0 Å². The Morgan fingerprint density at radius 2 is 1.93 bits per heavy atom. The van der Waals surface area contributed by atoms with Crippen LogP contribution in [0.2, 0.25) is 0 Å². The summed E-state index contributed by atoms with van der Waals surface area (Å²) >= 11 is 0. The monoisotopic (exact) mass is 409 g/mol. The molecule has 0 aliphatic carbocycles. The third-order valence-electron chi connectivity index (χ3n) is 5.64. The van der Waals surface area contributed by atoms with E-state index in [1.54, 1.807) is 13.8 Å². The van der Waals surface area contributed by atoms with Gasteiger partial charge in [0.25, 0.3) is 0 Å². The predicted octanol–water partition coefficient (Wildman–Crippen LogP) is 0.486. The van der Waals surface area contributed by atoms with Crippen LogP contribution >= 0.6 is 0 Å². The van der Waals surface area contributed by atoms with Crippen molar-refractivity contribution in [2.24, 2.45) is 0 Å². The largest absolute Gasteiger partial charge is 0.394 e. The summed E-state index contributed by atoms with van der Waals surface area (Å²) in [6, 6.07) is -0.742. The summed E-state index contributed by atoms with van der Waals surface area (Å²) in [6.07, 6.45) is 0.776. The fourth-order valence-electron chi connectivity index (χ4n) is 3.81. The first-order valence-corrected chi connectivity index (χ1v) is 10.1. The molecule has 3 rings (SSSR count). The van der Waals surface area contributed by atoms with Gasteiger partial charge in [-0.3, -0.25) is 4.79 Å². The second kappa shape index (κ2) is 9.55. The first-order valence-electron chi connectivity index (χ1n) is 10.1. The van der Waals surface area contributed by atoms with Crippen molar-refractivity contribution in [2.45, 2.75) is 51.4 Å². The Morgan fingerprint density at radius 1 is 1.21 bits per heavy atom. The maximum Gasteiger partial charge on any atom is 0.319 e. The van der Waals surface area contributed by atoms with Crippen molar-refractivity contribution >= 4 is 17.6 Å². The molecule has 1 aromatic rings. The number of likely N-dealkylation sites (N-methyl/N-ethyl adjacent to an activating group) is 1. The number of nitrogens with one attached hydrogen (secondary N) is 2. The van der Waals surface area contributed by atoms with Gasteiger partial charge in [0.2, 0.25) is 5.91 Å².